The second-order valence-electron chi connectivity index (χ2n) is 5.30. The Morgan fingerprint density at radius 2 is 1.80 bits per heavy atom. The van der Waals surface area contributed by atoms with Crippen molar-refractivity contribution < 1.29 is 5.11 Å². The number of phenolic OH excluding ortho intramolecular Hbond substituents is 1. The third-order valence-corrected chi connectivity index (χ3v) is 2.78. The van der Waals surface area contributed by atoms with Gasteiger partial charge in [0, 0.05) is 0 Å². The van der Waals surface area contributed by atoms with Gasteiger partial charge in [-0.25, -0.2) is 0 Å². The van der Waals surface area contributed by atoms with Crippen LogP contribution in [-0.4, -0.2) is 5.11 Å². The number of benzene rings is 1. The fraction of sp³-hybridized carbons (Fsp3) is 0.571. The van der Waals surface area contributed by atoms with E-state index in [1.54, 1.807) is 0 Å². The molecule has 0 unspecified atom stereocenters. The number of hydrogen-bond acceptors (Lipinski definition) is 1. The maximum absolute atomic E-state index is 9.92. The molecule has 0 aliphatic rings. The van der Waals surface area contributed by atoms with E-state index in [2.05, 4.69) is 40.7 Å². The molecule has 0 saturated carbocycles. The number of rotatable bonds is 2. The Hall–Kier alpha value is -0.980. The quantitative estimate of drug-likeness (QED) is 0.776. The molecule has 0 aromatic heterocycles. The van der Waals surface area contributed by atoms with Crippen LogP contribution in [0.15, 0.2) is 12.1 Å². The van der Waals surface area contributed by atoms with Crippen LogP contribution in [0.5, 0.6) is 5.75 Å². The molecule has 0 bridgehead atoms. The lowest BCUT2D eigenvalue weighted by Gasteiger charge is -2.22. The number of phenols is 1. The van der Waals surface area contributed by atoms with Gasteiger partial charge in [0.05, 0.1) is 0 Å². The fourth-order valence-corrected chi connectivity index (χ4v) is 1.88. The van der Waals surface area contributed by atoms with Crippen molar-refractivity contribution >= 4 is 0 Å². The molecule has 0 fully saturated rings. The van der Waals surface area contributed by atoms with E-state index >= 15 is 0 Å². The van der Waals surface area contributed by atoms with E-state index in [0.717, 1.165) is 18.4 Å². The van der Waals surface area contributed by atoms with Crippen molar-refractivity contribution in [1.29, 1.82) is 0 Å². The average Bonchev–Trinajstić information content (AvgIpc) is 2.07. The van der Waals surface area contributed by atoms with E-state index in [4.69, 9.17) is 0 Å². The number of aromatic hydroxyl groups is 1. The van der Waals surface area contributed by atoms with E-state index in [0.29, 0.717) is 5.75 Å². The minimum atomic E-state index is 0.0142. The first-order valence-corrected chi connectivity index (χ1v) is 5.69. The van der Waals surface area contributed by atoms with Gasteiger partial charge in [-0.3, -0.25) is 0 Å². The zero-order valence-corrected chi connectivity index (χ0v) is 10.5. The second-order valence-corrected chi connectivity index (χ2v) is 5.30. The summed E-state index contributed by atoms with van der Waals surface area (Å²) in [5.41, 5.74) is 3.62. The third kappa shape index (κ3) is 2.74. The Balaban J connectivity index is 3.23. The molecular formula is C14H22O. The molecule has 0 spiro atoms. The van der Waals surface area contributed by atoms with Crippen LogP contribution in [0.2, 0.25) is 0 Å². The van der Waals surface area contributed by atoms with Crippen LogP contribution in [0.25, 0.3) is 0 Å². The zero-order valence-electron chi connectivity index (χ0n) is 10.5. The van der Waals surface area contributed by atoms with Crippen LogP contribution in [0.3, 0.4) is 0 Å². The molecule has 0 aliphatic carbocycles. The fourth-order valence-electron chi connectivity index (χ4n) is 1.88. The van der Waals surface area contributed by atoms with Crippen molar-refractivity contribution in [2.45, 2.75) is 52.9 Å². The van der Waals surface area contributed by atoms with Gasteiger partial charge in [0.25, 0.3) is 0 Å². The Bertz CT molecular complexity index is 345. The molecule has 1 aromatic rings. The topological polar surface area (TPSA) is 20.2 Å². The van der Waals surface area contributed by atoms with Gasteiger partial charge in [0.1, 0.15) is 5.75 Å². The summed E-state index contributed by atoms with van der Waals surface area (Å²) in [6.45, 7) is 10.6. The van der Waals surface area contributed by atoms with E-state index in [1.165, 1.54) is 11.1 Å². The first-order chi connectivity index (χ1) is 6.86. The molecule has 1 N–H and O–H groups in total. The maximum Gasteiger partial charge on any atom is 0.119 e. The van der Waals surface area contributed by atoms with E-state index in [1.807, 2.05) is 6.07 Å². The van der Waals surface area contributed by atoms with Crippen LogP contribution >= 0.6 is 0 Å². The first kappa shape index (κ1) is 12.1. The largest absolute Gasteiger partial charge is 0.508 e. The van der Waals surface area contributed by atoms with Crippen molar-refractivity contribution in [3.05, 3.63) is 28.8 Å². The van der Waals surface area contributed by atoms with Gasteiger partial charge in [-0.15, -0.1) is 0 Å². The summed E-state index contributed by atoms with van der Waals surface area (Å²) >= 11 is 0. The number of aryl methyl sites for hydroxylation is 2. The van der Waals surface area contributed by atoms with Gasteiger partial charge >= 0.3 is 0 Å². The van der Waals surface area contributed by atoms with Crippen molar-refractivity contribution in [2.24, 2.45) is 0 Å². The predicted molar refractivity (Wildman–Crippen MR) is 65.5 cm³/mol. The third-order valence-electron chi connectivity index (χ3n) is 2.78. The maximum atomic E-state index is 9.92. The molecule has 1 nitrogen and oxygen atoms in total. The summed E-state index contributed by atoms with van der Waals surface area (Å²) in [6.07, 6.45) is 2.24. The summed E-state index contributed by atoms with van der Waals surface area (Å²) in [6, 6.07) is 4.06. The van der Waals surface area contributed by atoms with Crippen molar-refractivity contribution in [1.82, 2.24) is 0 Å². The lowest BCUT2D eigenvalue weighted by Crippen LogP contribution is -2.12. The molecule has 0 heterocycles. The van der Waals surface area contributed by atoms with Crippen LogP contribution < -0.4 is 0 Å². The Kier molecular flexibility index (Phi) is 3.43. The highest BCUT2D eigenvalue weighted by molar-refractivity contribution is 5.44. The minimum absolute atomic E-state index is 0.0142. The normalized spacial score (nSPS) is 11.8. The van der Waals surface area contributed by atoms with Gasteiger partial charge in [0.2, 0.25) is 0 Å². The van der Waals surface area contributed by atoms with E-state index < -0.39 is 0 Å². The van der Waals surface area contributed by atoms with Crippen molar-refractivity contribution in [2.75, 3.05) is 0 Å². The van der Waals surface area contributed by atoms with Gasteiger partial charge < -0.3 is 5.11 Å². The van der Waals surface area contributed by atoms with Gasteiger partial charge in [-0.05, 0) is 41.5 Å². The lowest BCUT2D eigenvalue weighted by molar-refractivity contribution is 0.445. The minimum Gasteiger partial charge on any atom is -0.508 e. The highest BCUT2D eigenvalue weighted by Gasteiger charge is 2.19. The molecule has 1 rings (SSSR count). The molecule has 0 amide bonds. The molecule has 15 heavy (non-hydrogen) atoms. The summed E-state index contributed by atoms with van der Waals surface area (Å²) in [7, 11) is 0. The Morgan fingerprint density at radius 1 is 1.20 bits per heavy atom. The van der Waals surface area contributed by atoms with Crippen molar-refractivity contribution in [3.63, 3.8) is 0 Å². The van der Waals surface area contributed by atoms with Gasteiger partial charge in [0.15, 0.2) is 0 Å². The molecule has 84 valence electrons. The Labute approximate surface area is 93.1 Å². The summed E-state index contributed by atoms with van der Waals surface area (Å²) < 4.78 is 0. The lowest BCUT2D eigenvalue weighted by atomic mass is 9.84. The highest BCUT2D eigenvalue weighted by atomic mass is 16.3. The average molecular weight is 206 g/mol. The zero-order chi connectivity index (χ0) is 11.6. The molecule has 0 aliphatic heterocycles. The number of hydrogen-bond donors (Lipinski definition) is 1. The highest BCUT2D eigenvalue weighted by Crippen LogP contribution is 2.33. The first-order valence-electron chi connectivity index (χ1n) is 5.69. The Morgan fingerprint density at radius 3 is 2.27 bits per heavy atom. The van der Waals surface area contributed by atoms with Crippen molar-refractivity contribution in [3.8, 4) is 5.75 Å². The molecule has 1 aromatic carbocycles. The summed E-state index contributed by atoms with van der Waals surface area (Å²) in [5, 5.41) is 9.92. The SMILES string of the molecule is CCCc1cc(C(C)(C)C)c(O)cc1C. The molecule has 1 heteroatoms. The molecular weight excluding hydrogens is 184 g/mol. The van der Waals surface area contributed by atoms with Gasteiger partial charge in [-0.2, -0.15) is 0 Å². The van der Waals surface area contributed by atoms with Gasteiger partial charge in [-0.1, -0.05) is 40.2 Å². The second kappa shape index (κ2) is 4.26. The monoisotopic (exact) mass is 206 g/mol. The predicted octanol–water partition coefficient (Wildman–Crippen LogP) is 3.95. The summed E-state index contributed by atoms with van der Waals surface area (Å²) in [4.78, 5) is 0. The molecule has 0 atom stereocenters. The standard InChI is InChI=1S/C14H22O/c1-6-7-11-9-12(14(3,4)5)13(15)8-10(11)2/h8-9,15H,6-7H2,1-5H3. The van der Waals surface area contributed by atoms with E-state index in [9.17, 15) is 5.11 Å². The molecule has 0 radical (unpaired) electrons. The van der Waals surface area contributed by atoms with Crippen LogP contribution in [0.1, 0.15) is 50.8 Å². The smallest absolute Gasteiger partial charge is 0.119 e. The van der Waals surface area contributed by atoms with Crippen LogP contribution in [-0.2, 0) is 11.8 Å². The van der Waals surface area contributed by atoms with Crippen LogP contribution in [0.4, 0.5) is 0 Å². The van der Waals surface area contributed by atoms with Crippen LogP contribution in [0, 0.1) is 6.92 Å². The molecule has 0 saturated heterocycles. The van der Waals surface area contributed by atoms with E-state index in [-0.39, 0.29) is 5.41 Å². The summed E-state index contributed by atoms with van der Waals surface area (Å²) in [5.74, 6) is 0.430.